The quantitative estimate of drug-likeness (QED) is 0.747. The Bertz CT molecular complexity index is 397. The molecule has 2 atom stereocenters. The minimum absolute atomic E-state index is 0.235. The molecule has 5 aliphatic rings. The fourth-order valence-corrected chi connectivity index (χ4v) is 5.18. The van der Waals surface area contributed by atoms with Gasteiger partial charge in [0.15, 0.2) is 0 Å². The summed E-state index contributed by atoms with van der Waals surface area (Å²) >= 11 is 0. The van der Waals surface area contributed by atoms with Gasteiger partial charge >= 0.3 is 0 Å². The first kappa shape index (κ1) is 16.3. The van der Waals surface area contributed by atoms with Gasteiger partial charge in [-0.15, -0.1) is 0 Å². The predicted octanol–water partition coefficient (Wildman–Crippen LogP) is 3.56. The molecule has 0 amide bonds. The molecule has 2 spiro atoms. The van der Waals surface area contributed by atoms with E-state index in [0.717, 1.165) is 37.5 Å². The van der Waals surface area contributed by atoms with E-state index < -0.39 is 11.6 Å². The molecular weight excluding hydrogens is 296 g/mol. The summed E-state index contributed by atoms with van der Waals surface area (Å²) < 4.78 is 0. The molecule has 0 aromatic carbocycles. The van der Waals surface area contributed by atoms with Crippen LogP contribution in [0.25, 0.3) is 0 Å². The first-order chi connectivity index (χ1) is 11.1. The van der Waals surface area contributed by atoms with Crippen LogP contribution in [-0.4, -0.2) is 23.3 Å². The number of fused-ring (bicyclic) bond motifs is 2. The zero-order valence-electron chi connectivity index (χ0n) is 14.3. The Kier molecular flexibility index (Phi) is 4.21. The first-order valence-corrected chi connectivity index (χ1v) is 9.40. The van der Waals surface area contributed by atoms with Gasteiger partial charge in [0.1, 0.15) is 0 Å². The summed E-state index contributed by atoms with van der Waals surface area (Å²) in [5.41, 5.74) is 0. The van der Waals surface area contributed by atoms with E-state index >= 15 is 0 Å². The van der Waals surface area contributed by atoms with Gasteiger partial charge in [-0.1, -0.05) is 13.8 Å². The SMILES string of the molecule is CC1CC2CC(C2)CC(C)C12OOC1(CCC(CO)CC1)OO2. The predicted molar refractivity (Wildman–Crippen MR) is 82.6 cm³/mol. The van der Waals surface area contributed by atoms with Crippen LogP contribution in [0.1, 0.15) is 65.2 Å². The third-order valence-electron chi connectivity index (χ3n) is 6.85. The van der Waals surface area contributed by atoms with E-state index in [1.165, 1.54) is 12.8 Å². The normalized spacial score (nSPS) is 53.6. The molecule has 0 radical (unpaired) electrons. The van der Waals surface area contributed by atoms with E-state index in [-0.39, 0.29) is 18.4 Å². The molecule has 5 rings (SSSR count). The van der Waals surface area contributed by atoms with E-state index in [2.05, 4.69) is 13.8 Å². The minimum Gasteiger partial charge on any atom is -0.396 e. The van der Waals surface area contributed by atoms with Crippen LogP contribution in [-0.2, 0) is 19.6 Å². The highest BCUT2D eigenvalue weighted by atomic mass is 17.4. The Balaban J connectivity index is 1.44. The molecule has 23 heavy (non-hydrogen) atoms. The van der Waals surface area contributed by atoms with Crippen LogP contribution in [0.2, 0.25) is 0 Å². The van der Waals surface area contributed by atoms with Crippen LogP contribution in [0.5, 0.6) is 0 Å². The van der Waals surface area contributed by atoms with E-state index in [1.807, 2.05) is 0 Å². The van der Waals surface area contributed by atoms with Gasteiger partial charge in [0.05, 0.1) is 0 Å². The number of aliphatic hydroxyl groups excluding tert-OH is 1. The summed E-state index contributed by atoms with van der Waals surface area (Å²) in [4.78, 5) is 23.7. The second-order valence-corrected chi connectivity index (χ2v) is 8.57. The van der Waals surface area contributed by atoms with Gasteiger partial charge < -0.3 is 5.11 Å². The smallest absolute Gasteiger partial charge is 0.239 e. The van der Waals surface area contributed by atoms with Gasteiger partial charge in [0.25, 0.3) is 0 Å². The lowest BCUT2D eigenvalue weighted by atomic mass is 9.62. The zero-order chi connectivity index (χ0) is 16.1. The molecule has 1 saturated heterocycles. The standard InChI is InChI=1S/C18H30O5/c1-12-7-15-9-16(10-15)8-13(2)18(12)22-20-17(21-23-18)5-3-14(11-19)4-6-17/h12-16,19H,3-11H2,1-2H3. The number of rotatable bonds is 1. The fourth-order valence-electron chi connectivity index (χ4n) is 5.18. The Hall–Kier alpha value is -0.200. The molecule has 0 aromatic heterocycles. The number of hydrogen-bond donors (Lipinski definition) is 1. The lowest BCUT2D eigenvalue weighted by Crippen LogP contribution is -2.59. The van der Waals surface area contributed by atoms with Crippen LogP contribution in [0.3, 0.4) is 0 Å². The van der Waals surface area contributed by atoms with Crippen molar-refractivity contribution in [1.29, 1.82) is 0 Å². The monoisotopic (exact) mass is 326 g/mol. The van der Waals surface area contributed by atoms with Crippen molar-refractivity contribution >= 4 is 0 Å². The molecule has 132 valence electrons. The molecular formula is C18H30O5. The molecule has 1 aliphatic heterocycles. The van der Waals surface area contributed by atoms with Crippen LogP contribution < -0.4 is 0 Å². The van der Waals surface area contributed by atoms with Gasteiger partial charge in [0.2, 0.25) is 11.6 Å². The average molecular weight is 326 g/mol. The molecule has 5 nitrogen and oxygen atoms in total. The highest BCUT2D eigenvalue weighted by Crippen LogP contribution is 2.53. The topological polar surface area (TPSA) is 57.2 Å². The Labute approximate surface area is 138 Å². The maximum atomic E-state index is 9.29. The summed E-state index contributed by atoms with van der Waals surface area (Å²) in [5.74, 6) is 0.933. The summed E-state index contributed by atoms with van der Waals surface area (Å²) in [7, 11) is 0. The summed E-state index contributed by atoms with van der Waals surface area (Å²) in [6.45, 7) is 4.63. The van der Waals surface area contributed by atoms with E-state index in [9.17, 15) is 5.11 Å². The molecule has 5 fully saturated rings. The van der Waals surface area contributed by atoms with Crippen molar-refractivity contribution in [3.05, 3.63) is 0 Å². The van der Waals surface area contributed by atoms with Crippen molar-refractivity contribution in [2.75, 3.05) is 6.61 Å². The molecule has 4 saturated carbocycles. The van der Waals surface area contributed by atoms with Gasteiger partial charge in [-0.3, -0.25) is 0 Å². The molecule has 1 heterocycles. The molecule has 4 aliphatic carbocycles. The Morgan fingerprint density at radius 3 is 1.83 bits per heavy atom. The van der Waals surface area contributed by atoms with E-state index in [4.69, 9.17) is 19.6 Å². The van der Waals surface area contributed by atoms with Gasteiger partial charge in [-0.2, -0.15) is 19.6 Å². The van der Waals surface area contributed by atoms with Crippen molar-refractivity contribution < 1.29 is 24.7 Å². The minimum atomic E-state index is -0.776. The number of hydrogen-bond acceptors (Lipinski definition) is 5. The second kappa shape index (κ2) is 5.95. The maximum Gasteiger partial charge on any atom is 0.239 e. The molecule has 1 N–H and O–H groups in total. The second-order valence-electron chi connectivity index (χ2n) is 8.57. The van der Waals surface area contributed by atoms with Crippen LogP contribution in [0.15, 0.2) is 0 Å². The average Bonchev–Trinajstić information content (AvgIpc) is 2.53. The number of aliphatic hydroxyl groups is 1. The van der Waals surface area contributed by atoms with Gasteiger partial charge in [0, 0.05) is 31.3 Å². The highest BCUT2D eigenvalue weighted by molar-refractivity contribution is 4.94. The first-order valence-electron chi connectivity index (χ1n) is 9.40. The highest BCUT2D eigenvalue weighted by Gasteiger charge is 2.57. The van der Waals surface area contributed by atoms with Crippen molar-refractivity contribution in [1.82, 2.24) is 0 Å². The largest absolute Gasteiger partial charge is 0.396 e. The van der Waals surface area contributed by atoms with Crippen LogP contribution in [0.4, 0.5) is 0 Å². The third-order valence-corrected chi connectivity index (χ3v) is 6.85. The van der Waals surface area contributed by atoms with Crippen LogP contribution >= 0.6 is 0 Å². The lowest BCUT2D eigenvalue weighted by molar-refractivity contribution is -0.674. The zero-order valence-corrected chi connectivity index (χ0v) is 14.3. The molecule has 5 heteroatoms. The lowest BCUT2D eigenvalue weighted by Gasteiger charge is -2.53. The van der Waals surface area contributed by atoms with Gasteiger partial charge in [-0.25, -0.2) is 0 Å². The molecule has 0 aromatic rings. The van der Waals surface area contributed by atoms with Crippen molar-refractivity contribution in [2.24, 2.45) is 29.6 Å². The summed E-state index contributed by atoms with van der Waals surface area (Å²) in [6.07, 6.45) is 8.14. The third kappa shape index (κ3) is 2.74. The van der Waals surface area contributed by atoms with Crippen molar-refractivity contribution in [3.63, 3.8) is 0 Å². The Morgan fingerprint density at radius 2 is 1.35 bits per heavy atom. The molecule has 2 bridgehead atoms. The van der Waals surface area contributed by atoms with Gasteiger partial charge in [-0.05, 0) is 56.3 Å². The van der Waals surface area contributed by atoms with Crippen LogP contribution in [0, 0.1) is 29.6 Å². The summed E-state index contributed by atoms with van der Waals surface area (Å²) in [6, 6.07) is 0. The fraction of sp³-hybridized carbons (Fsp3) is 1.00. The maximum absolute atomic E-state index is 9.29. The molecule has 2 unspecified atom stereocenters. The van der Waals surface area contributed by atoms with E-state index in [0.29, 0.717) is 18.8 Å². The van der Waals surface area contributed by atoms with Crippen molar-refractivity contribution in [2.45, 2.75) is 76.8 Å². The Morgan fingerprint density at radius 1 is 0.826 bits per heavy atom. The summed E-state index contributed by atoms with van der Waals surface area (Å²) in [5, 5.41) is 9.29. The van der Waals surface area contributed by atoms with E-state index in [1.54, 1.807) is 0 Å². The van der Waals surface area contributed by atoms with Crippen molar-refractivity contribution in [3.8, 4) is 0 Å².